The van der Waals surface area contributed by atoms with Gasteiger partial charge in [-0.05, 0) is 30.3 Å². The van der Waals surface area contributed by atoms with Gasteiger partial charge < -0.3 is 16.0 Å². The van der Waals surface area contributed by atoms with Crippen molar-refractivity contribution in [2.45, 2.75) is 5.16 Å². The third-order valence-electron chi connectivity index (χ3n) is 3.05. The van der Waals surface area contributed by atoms with Crippen LogP contribution >= 0.6 is 11.8 Å². The molecule has 2 aromatic heterocycles. The lowest BCUT2D eigenvalue weighted by molar-refractivity contribution is -0.113. The molecule has 3 rings (SSSR count). The van der Waals surface area contributed by atoms with Crippen molar-refractivity contribution in [2.24, 2.45) is 0 Å². The van der Waals surface area contributed by atoms with Gasteiger partial charge in [0.05, 0.1) is 17.6 Å². The highest BCUT2D eigenvalue weighted by molar-refractivity contribution is 7.99. The summed E-state index contributed by atoms with van der Waals surface area (Å²) in [6.45, 7) is 0. The minimum atomic E-state index is -0.109. The van der Waals surface area contributed by atoms with Crippen LogP contribution in [0.25, 0.3) is 11.3 Å². The number of pyridine rings is 1. The van der Waals surface area contributed by atoms with Gasteiger partial charge in [0.25, 0.3) is 0 Å². The van der Waals surface area contributed by atoms with Crippen LogP contribution in [0.3, 0.4) is 0 Å². The normalized spacial score (nSPS) is 10.4. The molecule has 0 aliphatic rings. The smallest absolute Gasteiger partial charge is 0.234 e. The molecule has 0 unspecified atom stereocenters. The number of nitrogen functional groups attached to an aromatic ring is 1. The summed E-state index contributed by atoms with van der Waals surface area (Å²) in [4.78, 5) is 23.4. The molecule has 0 bridgehead atoms. The first kappa shape index (κ1) is 15.1. The average Bonchev–Trinajstić information content (AvgIpc) is 3.03. The molecule has 1 amide bonds. The Morgan fingerprint density at radius 3 is 2.87 bits per heavy atom. The summed E-state index contributed by atoms with van der Waals surface area (Å²) in [5, 5.41) is 3.50. The molecule has 3 aromatic rings. The Bertz CT molecular complexity index is 803. The quantitative estimate of drug-likeness (QED) is 0.495. The lowest BCUT2D eigenvalue weighted by atomic mass is 10.2. The van der Waals surface area contributed by atoms with Crippen LogP contribution in [-0.2, 0) is 4.79 Å². The number of carbonyl (C=O) groups is 1. The summed E-state index contributed by atoms with van der Waals surface area (Å²) in [6.07, 6.45) is 5.19. The van der Waals surface area contributed by atoms with Gasteiger partial charge in [-0.2, -0.15) is 0 Å². The van der Waals surface area contributed by atoms with Crippen LogP contribution in [0.2, 0.25) is 0 Å². The number of hydrogen-bond donors (Lipinski definition) is 3. The number of anilines is 2. The van der Waals surface area contributed by atoms with Crippen molar-refractivity contribution in [3.63, 3.8) is 0 Å². The molecule has 0 radical (unpaired) electrons. The van der Waals surface area contributed by atoms with Crippen molar-refractivity contribution >= 4 is 29.0 Å². The number of imidazole rings is 1. The number of amides is 1. The summed E-state index contributed by atoms with van der Waals surface area (Å²) >= 11 is 1.34. The molecule has 0 spiro atoms. The second-order valence-corrected chi connectivity index (χ2v) is 5.76. The predicted octanol–water partition coefficient (Wildman–Crippen LogP) is 2.78. The van der Waals surface area contributed by atoms with Gasteiger partial charge in [-0.1, -0.05) is 17.8 Å². The van der Waals surface area contributed by atoms with E-state index in [2.05, 4.69) is 20.3 Å². The van der Waals surface area contributed by atoms with Crippen molar-refractivity contribution in [1.29, 1.82) is 0 Å². The van der Waals surface area contributed by atoms with E-state index in [1.165, 1.54) is 11.8 Å². The number of aromatic amines is 1. The first-order chi connectivity index (χ1) is 11.2. The molecular weight excluding hydrogens is 310 g/mol. The first-order valence-corrected chi connectivity index (χ1v) is 7.93. The van der Waals surface area contributed by atoms with E-state index < -0.39 is 0 Å². The highest BCUT2D eigenvalue weighted by Gasteiger charge is 2.07. The maximum atomic E-state index is 12.0. The maximum absolute atomic E-state index is 12.0. The highest BCUT2D eigenvalue weighted by Crippen LogP contribution is 2.21. The molecule has 0 saturated carbocycles. The zero-order valence-corrected chi connectivity index (χ0v) is 13.0. The standard InChI is InChI=1S/C16H15N5OS/c17-12-2-1-3-13(8-12)20-15(22)10-23-16-19-9-14(21-16)11-4-6-18-7-5-11/h1-9H,10,17H2,(H,19,21)(H,20,22). The number of rotatable bonds is 5. The van der Waals surface area contributed by atoms with Crippen LogP contribution in [0, 0.1) is 0 Å². The van der Waals surface area contributed by atoms with E-state index >= 15 is 0 Å². The molecule has 7 heteroatoms. The number of nitrogens with zero attached hydrogens (tertiary/aromatic N) is 2. The lowest BCUT2D eigenvalue weighted by Crippen LogP contribution is -2.14. The fraction of sp³-hybridized carbons (Fsp3) is 0.0625. The number of thioether (sulfide) groups is 1. The number of carbonyl (C=O) groups excluding carboxylic acids is 1. The van der Waals surface area contributed by atoms with Crippen LogP contribution < -0.4 is 11.1 Å². The third-order valence-corrected chi connectivity index (χ3v) is 3.94. The summed E-state index contributed by atoms with van der Waals surface area (Å²) in [5.41, 5.74) is 8.88. The molecule has 6 nitrogen and oxygen atoms in total. The summed E-state index contributed by atoms with van der Waals surface area (Å²) < 4.78 is 0. The maximum Gasteiger partial charge on any atom is 0.234 e. The Balaban J connectivity index is 1.56. The van der Waals surface area contributed by atoms with E-state index in [4.69, 9.17) is 5.73 Å². The van der Waals surface area contributed by atoms with E-state index in [0.29, 0.717) is 16.5 Å². The Labute approximate surface area is 137 Å². The van der Waals surface area contributed by atoms with Crippen molar-refractivity contribution in [2.75, 3.05) is 16.8 Å². The Hall–Kier alpha value is -2.80. The topological polar surface area (TPSA) is 96.7 Å². The molecule has 4 N–H and O–H groups in total. The van der Waals surface area contributed by atoms with Crippen LogP contribution in [0.15, 0.2) is 60.1 Å². The fourth-order valence-electron chi connectivity index (χ4n) is 2.00. The van der Waals surface area contributed by atoms with E-state index in [-0.39, 0.29) is 11.7 Å². The van der Waals surface area contributed by atoms with Crippen LogP contribution in [-0.4, -0.2) is 26.6 Å². The molecule has 1 aromatic carbocycles. The van der Waals surface area contributed by atoms with Gasteiger partial charge in [-0.3, -0.25) is 9.78 Å². The summed E-state index contributed by atoms with van der Waals surface area (Å²) in [6, 6.07) is 10.9. The number of hydrogen-bond acceptors (Lipinski definition) is 5. The second kappa shape index (κ2) is 6.97. The minimum absolute atomic E-state index is 0.109. The SMILES string of the molecule is Nc1cccc(NC(=O)CSc2ncc(-c3ccncc3)[nH]2)c1. The number of nitrogens with one attached hydrogen (secondary N) is 2. The number of H-pyrrole nitrogens is 1. The van der Waals surface area contributed by atoms with Crippen LogP contribution in [0.4, 0.5) is 11.4 Å². The zero-order chi connectivity index (χ0) is 16.1. The van der Waals surface area contributed by atoms with E-state index in [9.17, 15) is 4.79 Å². The Kier molecular flexibility index (Phi) is 4.58. The van der Waals surface area contributed by atoms with E-state index in [0.717, 1.165) is 11.3 Å². The molecule has 2 heterocycles. The van der Waals surface area contributed by atoms with Gasteiger partial charge in [0.15, 0.2) is 5.16 Å². The number of aromatic nitrogens is 3. The molecular formula is C16H15N5OS. The van der Waals surface area contributed by atoms with Crippen LogP contribution in [0.5, 0.6) is 0 Å². The van der Waals surface area contributed by atoms with Gasteiger partial charge in [-0.15, -0.1) is 0 Å². The molecule has 0 fully saturated rings. The Morgan fingerprint density at radius 1 is 1.26 bits per heavy atom. The third kappa shape index (κ3) is 4.10. The number of nitrogens with two attached hydrogens (primary N) is 1. The van der Waals surface area contributed by atoms with Crippen molar-refractivity contribution in [3.8, 4) is 11.3 Å². The average molecular weight is 325 g/mol. The van der Waals surface area contributed by atoms with Gasteiger partial charge in [0.1, 0.15) is 0 Å². The van der Waals surface area contributed by atoms with Gasteiger partial charge in [-0.25, -0.2) is 4.98 Å². The van der Waals surface area contributed by atoms with E-state index in [1.807, 2.05) is 12.1 Å². The van der Waals surface area contributed by atoms with Crippen LogP contribution in [0.1, 0.15) is 0 Å². The molecule has 23 heavy (non-hydrogen) atoms. The fourth-order valence-corrected chi connectivity index (χ4v) is 2.65. The number of benzene rings is 1. The van der Waals surface area contributed by atoms with Crippen molar-refractivity contribution in [3.05, 3.63) is 55.0 Å². The van der Waals surface area contributed by atoms with Crippen molar-refractivity contribution in [1.82, 2.24) is 15.0 Å². The molecule has 116 valence electrons. The molecule has 0 saturated heterocycles. The second-order valence-electron chi connectivity index (χ2n) is 4.80. The Morgan fingerprint density at radius 2 is 2.09 bits per heavy atom. The lowest BCUT2D eigenvalue weighted by Gasteiger charge is -2.04. The minimum Gasteiger partial charge on any atom is -0.399 e. The van der Waals surface area contributed by atoms with Gasteiger partial charge in [0, 0.05) is 29.3 Å². The molecule has 0 aliphatic heterocycles. The largest absolute Gasteiger partial charge is 0.399 e. The monoisotopic (exact) mass is 325 g/mol. The van der Waals surface area contributed by atoms with Gasteiger partial charge >= 0.3 is 0 Å². The van der Waals surface area contributed by atoms with Crippen molar-refractivity contribution < 1.29 is 4.79 Å². The predicted molar refractivity (Wildman–Crippen MR) is 92.0 cm³/mol. The summed E-state index contributed by atoms with van der Waals surface area (Å²) in [5.74, 6) is 0.153. The summed E-state index contributed by atoms with van der Waals surface area (Å²) in [7, 11) is 0. The first-order valence-electron chi connectivity index (χ1n) is 6.94. The molecule has 0 atom stereocenters. The zero-order valence-electron chi connectivity index (χ0n) is 12.2. The molecule has 0 aliphatic carbocycles. The van der Waals surface area contributed by atoms with E-state index in [1.54, 1.807) is 42.9 Å². The highest BCUT2D eigenvalue weighted by atomic mass is 32.2. The van der Waals surface area contributed by atoms with Gasteiger partial charge in [0.2, 0.25) is 5.91 Å².